The van der Waals surface area contributed by atoms with Crippen molar-refractivity contribution >= 4 is 5.82 Å². The summed E-state index contributed by atoms with van der Waals surface area (Å²) in [5.74, 6) is 0.916. The molecule has 3 heterocycles. The molecule has 4 heteroatoms. The summed E-state index contributed by atoms with van der Waals surface area (Å²) in [4.78, 5) is 11.0. The van der Waals surface area contributed by atoms with Crippen LogP contribution in [0.1, 0.15) is 25.7 Å². The second-order valence-electron chi connectivity index (χ2n) is 4.79. The number of hydrogen-bond donors (Lipinski definition) is 1. The lowest BCUT2D eigenvalue weighted by atomic mass is 9.98. The third-order valence-corrected chi connectivity index (χ3v) is 3.74. The number of anilines is 1. The smallest absolute Gasteiger partial charge is 0.144 e. The molecule has 0 bridgehead atoms. The summed E-state index contributed by atoms with van der Waals surface area (Å²) in [5, 5.41) is 3.49. The molecule has 2 atom stereocenters. The number of rotatable bonds is 2. The highest BCUT2D eigenvalue weighted by atomic mass is 15.2. The minimum absolute atomic E-state index is 0.580. The lowest BCUT2D eigenvalue weighted by Gasteiger charge is -2.35. The van der Waals surface area contributed by atoms with Gasteiger partial charge in [-0.05, 0) is 32.2 Å². The molecule has 2 fully saturated rings. The van der Waals surface area contributed by atoms with Crippen molar-refractivity contribution in [3.63, 3.8) is 0 Å². The first-order valence-corrected chi connectivity index (χ1v) is 6.18. The van der Waals surface area contributed by atoms with Crippen molar-refractivity contribution in [1.82, 2.24) is 14.9 Å². The number of nitrogens with one attached hydrogen (secondary N) is 1. The maximum absolute atomic E-state index is 4.27. The molecular weight excluding hydrogens is 200 g/mol. The van der Waals surface area contributed by atoms with E-state index in [0.29, 0.717) is 6.04 Å². The predicted octanol–water partition coefficient (Wildman–Crippen LogP) is 1.52. The lowest BCUT2D eigenvalue weighted by Crippen LogP contribution is -2.42. The monoisotopic (exact) mass is 218 g/mol. The molecule has 16 heavy (non-hydrogen) atoms. The van der Waals surface area contributed by atoms with Crippen LogP contribution < -0.4 is 5.32 Å². The van der Waals surface area contributed by atoms with Crippen molar-refractivity contribution in [2.24, 2.45) is 0 Å². The van der Waals surface area contributed by atoms with E-state index in [4.69, 9.17) is 0 Å². The fourth-order valence-corrected chi connectivity index (χ4v) is 2.94. The summed E-state index contributed by atoms with van der Waals surface area (Å²) in [6.07, 6.45) is 10.5. The molecule has 0 amide bonds. The van der Waals surface area contributed by atoms with Gasteiger partial charge in [0.15, 0.2) is 0 Å². The molecule has 4 nitrogen and oxygen atoms in total. The van der Waals surface area contributed by atoms with Crippen LogP contribution in [0.25, 0.3) is 0 Å². The summed E-state index contributed by atoms with van der Waals surface area (Å²) in [6, 6.07) is 1.39. The van der Waals surface area contributed by atoms with Crippen LogP contribution in [0.15, 0.2) is 18.6 Å². The van der Waals surface area contributed by atoms with Crippen LogP contribution in [-0.4, -0.2) is 40.0 Å². The summed E-state index contributed by atoms with van der Waals surface area (Å²) in [5.41, 5.74) is 0. The van der Waals surface area contributed by atoms with Gasteiger partial charge < -0.3 is 10.2 Å². The van der Waals surface area contributed by atoms with Crippen LogP contribution in [0.4, 0.5) is 5.82 Å². The second-order valence-corrected chi connectivity index (χ2v) is 4.79. The van der Waals surface area contributed by atoms with E-state index in [1.54, 1.807) is 18.6 Å². The molecule has 2 aliphatic heterocycles. The van der Waals surface area contributed by atoms with Gasteiger partial charge in [-0.15, -0.1) is 0 Å². The Morgan fingerprint density at radius 2 is 2.25 bits per heavy atom. The number of hydrogen-bond acceptors (Lipinski definition) is 4. The highest BCUT2D eigenvalue weighted by Gasteiger charge is 2.31. The number of fused-ring (bicyclic) bond motifs is 1. The van der Waals surface area contributed by atoms with Crippen molar-refractivity contribution in [1.29, 1.82) is 0 Å². The van der Waals surface area contributed by atoms with Crippen LogP contribution in [0.2, 0.25) is 0 Å². The Kier molecular flexibility index (Phi) is 2.74. The van der Waals surface area contributed by atoms with E-state index in [-0.39, 0.29) is 0 Å². The van der Waals surface area contributed by atoms with Crippen molar-refractivity contribution in [2.45, 2.75) is 37.8 Å². The minimum Gasteiger partial charge on any atom is -0.366 e. The largest absolute Gasteiger partial charge is 0.366 e. The highest BCUT2D eigenvalue weighted by molar-refractivity contribution is 5.31. The molecule has 2 aliphatic rings. The van der Waals surface area contributed by atoms with Gasteiger partial charge in [0.1, 0.15) is 5.82 Å². The van der Waals surface area contributed by atoms with Gasteiger partial charge in [-0.3, -0.25) is 4.98 Å². The van der Waals surface area contributed by atoms with E-state index < -0.39 is 0 Å². The summed E-state index contributed by atoms with van der Waals surface area (Å²) in [7, 11) is 0. The van der Waals surface area contributed by atoms with E-state index in [9.17, 15) is 0 Å². The molecule has 0 saturated carbocycles. The highest BCUT2D eigenvalue weighted by Crippen LogP contribution is 2.27. The molecule has 1 aromatic rings. The molecule has 1 N–H and O–H groups in total. The maximum Gasteiger partial charge on any atom is 0.144 e. The zero-order valence-electron chi connectivity index (χ0n) is 9.47. The van der Waals surface area contributed by atoms with E-state index in [1.165, 1.54) is 38.8 Å². The van der Waals surface area contributed by atoms with Crippen LogP contribution in [0.3, 0.4) is 0 Å². The quantitative estimate of drug-likeness (QED) is 0.817. The summed E-state index contributed by atoms with van der Waals surface area (Å²) < 4.78 is 0. The number of nitrogens with zero attached hydrogens (tertiary/aromatic N) is 3. The fourth-order valence-electron chi connectivity index (χ4n) is 2.94. The third-order valence-electron chi connectivity index (χ3n) is 3.74. The third kappa shape index (κ3) is 2.02. The molecule has 0 spiro atoms. The van der Waals surface area contributed by atoms with E-state index in [0.717, 1.165) is 11.9 Å². The molecule has 1 aromatic heterocycles. The average Bonchev–Trinajstić information content (AvgIpc) is 2.77. The van der Waals surface area contributed by atoms with Crippen molar-refractivity contribution in [3.8, 4) is 0 Å². The normalized spacial score (nSPS) is 30.0. The standard InChI is InChI=1S/C12H18N4/c1-2-11-8-10(3-7-16(11)6-1)15-12-9-13-4-5-14-12/h4-5,9-11H,1-3,6-8H2,(H,14,15)/t10-,11-/m0/s1. The molecule has 86 valence electrons. The van der Waals surface area contributed by atoms with Crippen molar-refractivity contribution in [3.05, 3.63) is 18.6 Å². The number of piperidine rings is 1. The van der Waals surface area contributed by atoms with Crippen LogP contribution in [0, 0.1) is 0 Å². The molecule has 0 unspecified atom stereocenters. The van der Waals surface area contributed by atoms with E-state index in [1.807, 2.05) is 0 Å². The van der Waals surface area contributed by atoms with Gasteiger partial charge in [0.2, 0.25) is 0 Å². The molecule has 0 radical (unpaired) electrons. The molecule has 3 rings (SSSR count). The zero-order valence-corrected chi connectivity index (χ0v) is 9.47. The Morgan fingerprint density at radius 3 is 3.12 bits per heavy atom. The number of aromatic nitrogens is 2. The van der Waals surface area contributed by atoms with E-state index in [2.05, 4.69) is 20.2 Å². The van der Waals surface area contributed by atoms with Crippen LogP contribution in [-0.2, 0) is 0 Å². The maximum atomic E-state index is 4.27. The van der Waals surface area contributed by atoms with Gasteiger partial charge in [0.25, 0.3) is 0 Å². The Bertz CT molecular complexity index is 340. The average molecular weight is 218 g/mol. The van der Waals surface area contributed by atoms with Gasteiger partial charge in [-0.25, -0.2) is 4.98 Å². The summed E-state index contributed by atoms with van der Waals surface area (Å²) >= 11 is 0. The first-order chi connectivity index (χ1) is 7.92. The second kappa shape index (κ2) is 4.37. The lowest BCUT2D eigenvalue weighted by molar-refractivity contribution is 0.188. The van der Waals surface area contributed by atoms with E-state index >= 15 is 0 Å². The van der Waals surface area contributed by atoms with Crippen molar-refractivity contribution < 1.29 is 0 Å². The Hall–Kier alpha value is -1.16. The first-order valence-electron chi connectivity index (χ1n) is 6.18. The molecular formula is C12H18N4. The SMILES string of the molecule is c1cnc(N[C@H]2CCN3CCC[C@H]3C2)cn1. The van der Waals surface area contributed by atoms with Gasteiger partial charge in [-0.2, -0.15) is 0 Å². The Morgan fingerprint density at radius 1 is 1.25 bits per heavy atom. The summed E-state index contributed by atoms with van der Waals surface area (Å²) in [6.45, 7) is 2.55. The molecule has 0 aromatic carbocycles. The molecule has 2 saturated heterocycles. The predicted molar refractivity (Wildman–Crippen MR) is 63.3 cm³/mol. The topological polar surface area (TPSA) is 41.1 Å². The zero-order chi connectivity index (χ0) is 10.8. The Balaban J connectivity index is 1.60. The van der Waals surface area contributed by atoms with Crippen molar-refractivity contribution in [2.75, 3.05) is 18.4 Å². The minimum atomic E-state index is 0.580. The first kappa shape index (κ1) is 10.0. The van der Waals surface area contributed by atoms with Crippen LogP contribution in [0.5, 0.6) is 0 Å². The van der Waals surface area contributed by atoms with Crippen LogP contribution >= 0.6 is 0 Å². The van der Waals surface area contributed by atoms with Gasteiger partial charge in [0.05, 0.1) is 6.20 Å². The van der Waals surface area contributed by atoms with Gasteiger partial charge in [-0.1, -0.05) is 0 Å². The Labute approximate surface area is 96.1 Å². The molecule has 0 aliphatic carbocycles. The fraction of sp³-hybridized carbons (Fsp3) is 0.667. The van der Waals surface area contributed by atoms with Gasteiger partial charge >= 0.3 is 0 Å². The van der Waals surface area contributed by atoms with Gasteiger partial charge in [0, 0.05) is 31.0 Å².